The highest BCUT2D eigenvalue weighted by atomic mass is 16.6. The van der Waals surface area contributed by atoms with Gasteiger partial charge in [0.1, 0.15) is 0 Å². The standard InChI is InChI=1S/C36H47N3O4/c1-10-37(11-2)27-16-18-29(24(7)22-27)36(30-19-17-28(23-25(30)8)38(12-3)13-4)31-20-21-32(39(14-5)15-6)33(26(31)9)42-34(40)35(41)43-36/h16-23H,10-15H2,1-9H3. The summed E-state index contributed by atoms with van der Waals surface area (Å²) in [4.78, 5) is 33.7. The van der Waals surface area contributed by atoms with Crippen molar-refractivity contribution in [1.82, 2.24) is 0 Å². The Morgan fingerprint density at radius 2 is 1.02 bits per heavy atom. The van der Waals surface area contributed by atoms with E-state index in [1.165, 1.54) is 0 Å². The summed E-state index contributed by atoms with van der Waals surface area (Å²) in [5.74, 6) is -1.63. The number of hydrogen-bond donors (Lipinski definition) is 0. The van der Waals surface area contributed by atoms with Gasteiger partial charge < -0.3 is 24.2 Å². The number of rotatable bonds is 11. The molecule has 230 valence electrons. The Balaban J connectivity index is 2.13. The molecule has 0 fully saturated rings. The van der Waals surface area contributed by atoms with Gasteiger partial charge in [0.05, 0.1) is 5.69 Å². The fraction of sp³-hybridized carbons (Fsp3) is 0.444. The van der Waals surface area contributed by atoms with Crippen LogP contribution in [0, 0.1) is 20.8 Å². The predicted octanol–water partition coefficient (Wildman–Crippen LogP) is 6.90. The molecule has 0 saturated carbocycles. The van der Waals surface area contributed by atoms with Gasteiger partial charge in [-0.15, -0.1) is 0 Å². The molecule has 0 saturated heterocycles. The summed E-state index contributed by atoms with van der Waals surface area (Å²) < 4.78 is 12.2. The van der Waals surface area contributed by atoms with Gasteiger partial charge >= 0.3 is 11.9 Å². The van der Waals surface area contributed by atoms with E-state index in [4.69, 9.17) is 9.47 Å². The average molecular weight is 586 g/mol. The van der Waals surface area contributed by atoms with Crippen molar-refractivity contribution in [2.45, 2.75) is 67.9 Å². The van der Waals surface area contributed by atoms with Gasteiger partial charge in [-0.3, -0.25) is 0 Å². The van der Waals surface area contributed by atoms with Gasteiger partial charge in [-0.1, -0.05) is 18.2 Å². The molecule has 1 heterocycles. The number of esters is 2. The van der Waals surface area contributed by atoms with Crippen LogP contribution in [0.1, 0.15) is 74.9 Å². The Morgan fingerprint density at radius 3 is 1.44 bits per heavy atom. The van der Waals surface area contributed by atoms with Crippen molar-refractivity contribution in [2.75, 3.05) is 54.0 Å². The van der Waals surface area contributed by atoms with E-state index in [0.29, 0.717) is 5.75 Å². The number of fused-ring (bicyclic) bond motifs is 2. The molecule has 0 aromatic heterocycles. The number of aryl methyl sites for hydroxylation is 2. The first-order chi connectivity index (χ1) is 20.6. The fourth-order valence-corrected chi connectivity index (χ4v) is 6.57. The second-order valence-corrected chi connectivity index (χ2v) is 11.1. The normalized spacial score (nSPS) is 14.0. The van der Waals surface area contributed by atoms with Crippen LogP contribution in [0.4, 0.5) is 17.1 Å². The van der Waals surface area contributed by atoms with Crippen LogP contribution >= 0.6 is 0 Å². The second kappa shape index (κ2) is 13.1. The summed E-state index contributed by atoms with van der Waals surface area (Å²) in [7, 11) is 0. The van der Waals surface area contributed by atoms with Crippen LogP contribution in [-0.2, 0) is 19.9 Å². The summed E-state index contributed by atoms with van der Waals surface area (Å²) in [5, 5.41) is 0. The molecule has 3 aromatic rings. The Bertz CT molecular complexity index is 1420. The molecule has 43 heavy (non-hydrogen) atoms. The van der Waals surface area contributed by atoms with Crippen LogP contribution in [0.25, 0.3) is 0 Å². The molecule has 4 rings (SSSR count). The SMILES string of the molecule is CCN(CC)c1ccc(C2(c3ccc(N(CC)CC)cc3C)OC(=O)C(=O)Oc3c(N(CC)CC)ccc2c3C)c(C)c1. The lowest BCUT2D eigenvalue weighted by Gasteiger charge is -2.40. The Kier molecular flexibility index (Phi) is 9.73. The number of ether oxygens (including phenoxy) is 2. The van der Waals surface area contributed by atoms with Crippen molar-refractivity contribution in [2.24, 2.45) is 0 Å². The zero-order chi connectivity index (χ0) is 31.5. The Hall–Kier alpha value is -4.00. The summed E-state index contributed by atoms with van der Waals surface area (Å²) in [6.07, 6.45) is 0. The van der Waals surface area contributed by atoms with Crippen molar-refractivity contribution in [3.8, 4) is 5.75 Å². The summed E-state index contributed by atoms with van der Waals surface area (Å²) in [5.41, 5.74) is 6.70. The fourth-order valence-electron chi connectivity index (χ4n) is 6.57. The molecule has 1 aliphatic rings. The van der Waals surface area contributed by atoms with Crippen molar-refractivity contribution < 1.29 is 19.1 Å². The first-order valence-electron chi connectivity index (χ1n) is 15.7. The maximum Gasteiger partial charge on any atom is 0.423 e. The molecule has 2 bridgehead atoms. The maximum atomic E-state index is 13.6. The molecule has 0 N–H and O–H groups in total. The summed E-state index contributed by atoms with van der Waals surface area (Å²) >= 11 is 0. The van der Waals surface area contributed by atoms with Gasteiger partial charge in [0, 0.05) is 72.9 Å². The number of hydrogen-bond acceptors (Lipinski definition) is 7. The molecule has 7 heteroatoms. The molecule has 0 aliphatic carbocycles. The lowest BCUT2D eigenvalue weighted by molar-refractivity contribution is -0.169. The zero-order valence-electron chi connectivity index (χ0n) is 27.3. The lowest BCUT2D eigenvalue weighted by Crippen LogP contribution is -2.42. The number of carbonyl (C=O) groups excluding carboxylic acids is 2. The average Bonchev–Trinajstić information content (AvgIpc) is 2.99. The van der Waals surface area contributed by atoms with E-state index < -0.39 is 17.5 Å². The number of anilines is 3. The smallest absolute Gasteiger partial charge is 0.423 e. The molecule has 3 aromatic carbocycles. The highest BCUT2D eigenvalue weighted by Crippen LogP contribution is 2.50. The maximum absolute atomic E-state index is 13.6. The first kappa shape index (κ1) is 31.9. The second-order valence-electron chi connectivity index (χ2n) is 11.1. The van der Waals surface area contributed by atoms with Crippen LogP contribution in [0.5, 0.6) is 5.75 Å². The van der Waals surface area contributed by atoms with Gasteiger partial charge in [0.15, 0.2) is 11.4 Å². The highest BCUT2D eigenvalue weighted by molar-refractivity contribution is 6.30. The third-order valence-corrected chi connectivity index (χ3v) is 8.91. The van der Waals surface area contributed by atoms with E-state index in [1.807, 2.05) is 19.1 Å². The lowest BCUT2D eigenvalue weighted by atomic mass is 9.74. The summed E-state index contributed by atoms with van der Waals surface area (Å²) in [6.45, 7) is 23.7. The topological polar surface area (TPSA) is 62.3 Å². The predicted molar refractivity (Wildman–Crippen MR) is 176 cm³/mol. The molecule has 0 amide bonds. The first-order valence-corrected chi connectivity index (χ1v) is 15.7. The molecular weight excluding hydrogens is 538 g/mol. The molecule has 7 nitrogen and oxygen atoms in total. The van der Waals surface area contributed by atoms with Crippen molar-refractivity contribution >= 4 is 29.0 Å². The Labute approximate surface area is 257 Å². The Morgan fingerprint density at radius 1 is 0.581 bits per heavy atom. The van der Waals surface area contributed by atoms with Gasteiger partial charge in [0.25, 0.3) is 0 Å². The third kappa shape index (κ3) is 5.57. The van der Waals surface area contributed by atoms with Crippen LogP contribution in [0.2, 0.25) is 0 Å². The molecule has 0 radical (unpaired) electrons. The van der Waals surface area contributed by atoms with Crippen LogP contribution in [0.15, 0.2) is 48.5 Å². The number of nitrogens with zero attached hydrogens (tertiary/aromatic N) is 3. The minimum atomic E-state index is -1.38. The van der Waals surface area contributed by atoms with E-state index in [-0.39, 0.29) is 0 Å². The molecule has 0 spiro atoms. The van der Waals surface area contributed by atoms with E-state index in [9.17, 15) is 9.59 Å². The van der Waals surface area contributed by atoms with E-state index in [2.05, 4.69) is 106 Å². The molecular formula is C36H47N3O4. The van der Waals surface area contributed by atoms with Crippen LogP contribution < -0.4 is 19.4 Å². The summed E-state index contributed by atoms with van der Waals surface area (Å²) in [6, 6.07) is 16.6. The quantitative estimate of drug-likeness (QED) is 0.138. The number of cyclic esters (lactones) is 1. The highest BCUT2D eigenvalue weighted by Gasteiger charge is 2.48. The minimum Gasteiger partial charge on any atom is -0.436 e. The van der Waals surface area contributed by atoms with Crippen molar-refractivity contribution in [1.29, 1.82) is 0 Å². The third-order valence-electron chi connectivity index (χ3n) is 8.91. The van der Waals surface area contributed by atoms with Gasteiger partial charge in [0.2, 0.25) is 0 Å². The van der Waals surface area contributed by atoms with Crippen LogP contribution in [-0.4, -0.2) is 51.2 Å². The molecule has 1 aliphatic heterocycles. The molecule has 0 unspecified atom stereocenters. The monoisotopic (exact) mass is 585 g/mol. The van der Waals surface area contributed by atoms with Gasteiger partial charge in [-0.2, -0.15) is 0 Å². The van der Waals surface area contributed by atoms with Crippen molar-refractivity contribution in [3.05, 3.63) is 81.9 Å². The number of carbonyl (C=O) groups is 2. The van der Waals surface area contributed by atoms with Crippen LogP contribution in [0.3, 0.4) is 0 Å². The van der Waals surface area contributed by atoms with Gasteiger partial charge in [-0.25, -0.2) is 9.59 Å². The molecule has 0 atom stereocenters. The minimum absolute atomic E-state index is 0.405. The van der Waals surface area contributed by atoms with Gasteiger partial charge in [-0.05, 0) is 104 Å². The van der Waals surface area contributed by atoms with E-state index >= 15 is 0 Å². The van der Waals surface area contributed by atoms with E-state index in [0.717, 1.165) is 89.7 Å². The van der Waals surface area contributed by atoms with Crippen molar-refractivity contribution in [3.63, 3.8) is 0 Å². The number of benzene rings is 3. The van der Waals surface area contributed by atoms with E-state index in [1.54, 1.807) is 0 Å². The largest absolute Gasteiger partial charge is 0.436 e. The zero-order valence-corrected chi connectivity index (χ0v) is 27.3.